The number of hydrogen-bond acceptors (Lipinski definition) is 4. The molecule has 1 aliphatic heterocycles. The average molecular weight is 340 g/mol. The standard InChI is InChI=1S/C17H32N4O3/c1-3-18-15(19-13-17(23)9-5-6-10-17)20-14-7-11-21(12-8-14)16(22)24-4-2/h14,23H,3-13H2,1-2H3,(H2,18,19,20). The smallest absolute Gasteiger partial charge is 0.409 e. The third kappa shape index (κ3) is 5.54. The van der Waals surface area contributed by atoms with E-state index in [-0.39, 0.29) is 12.1 Å². The van der Waals surface area contributed by atoms with Crippen LogP contribution in [0.2, 0.25) is 0 Å². The summed E-state index contributed by atoms with van der Waals surface area (Å²) < 4.78 is 5.05. The molecule has 1 amide bonds. The van der Waals surface area contributed by atoms with Crippen molar-refractivity contribution in [3.8, 4) is 0 Å². The number of rotatable bonds is 5. The maximum atomic E-state index is 11.7. The fourth-order valence-corrected chi connectivity index (χ4v) is 3.35. The molecule has 138 valence electrons. The molecule has 1 saturated heterocycles. The molecule has 2 rings (SSSR count). The van der Waals surface area contributed by atoms with Crippen molar-refractivity contribution in [1.82, 2.24) is 15.5 Å². The van der Waals surface area contributed by atoms with Crippen molar-refractivity contribution in [3.05, 3.63) is 0 Å². The van der Waals surface area contributed by atoms with Crippen LogP contribution >= 0.6 is 0 Å². The van der Waals surface area contributed by atoms with Gasteiger partial charge in [-0.3, -0.25) is 4.99 Å². The van der Waals surface area contributed by atoms with Gasteiger partial charge >= 0.3 is 6.09 Å². The van der Waals surface area contributed by atoms with Gasteiger partial charge in [-0.2, -0.15) is 0 Å². The second kappa shape index (κ2) is 9.11. The van der Waals surface area contributed by atoms with Gasteiger partial charge in [0.05, 0.1) is 18.8 Å². The van der Waals surface area contributed by atoms with E-state index in [1.807, 2.05) is 13.8 Å². The van der Waals surface area contributed by atoms with Crippen LogP contribution in [-0.2, 0) is 4.74 Å². The molecule has 1 aliphatic carbocycles. The predicted octanol–water partition coefficient (Wildman–Crippen LogP) is 1.47. The van der Waals surface area contributed by atoms with Gasteiger partial charge in [0.2, 0.25) is 0 Å². The molecule has 0 aromatic heterocycles. The van der Waals surface area contributed by atoms with Crippen LogP contribution in [0.5, 0.6) is 0 Å². The highest BCUT2D eigenvalue weighted by molar-refractivity contribution is 5.80. The molecule has 2 fully saturated rings. The lowest BCUT2D eigenvalue weighted by atomic mass is 10.0. The van der Waals surface area contributed by atoms with Gasteiger partial charge in [-0.1, -0.05) is 12.8 Å². The van der Waals surface area contributed by atoms with Crippen molar-refractivity contribution in [3.63, 3.8) is 0 Å². The zero-order valence-electron chi connectivity index (χ0n) is 15.0. The van der Waals surface area contributed by atoms with E-state index in [0.29, 0.717) is 26.2 Å². The van der Waals surface area contributed by atoms with Crippen molar-refractivity contribution in [2.75, 3.05) is 32.8 Å². The van der Waals surface area contributed by atoms with Gasteiger partial charge < -0.3 is 25.4 Å². The van der Waals surface area contributed by atoms with Crippen molar-refractivity contribution in [1.29, 1.82) is 0 Å². The highest BCUT2D eigenvalue weighted by Crippen LogP contribution is 2.29. The van der Waals surface area contributed by atoms with Crippen molar-refractivity contribution in [2.45, 2.75) is 64.0 Å². The number of ether oxygens (including phenoxy) is 1. The number of aliphatic hydroxyl groups is 1. The van der Waals surface area contributed by atoms with E-state index < -0.39 is 5.60 Å². The van der Waals surface area contributed by atoms with Crippen LogP contribution < -0.4 is 10.6 Å². The summed E-state index contributed by atoms with van der Waals surface area (Å²) in [6.07, 6.45) is 5.37. The molecule has 7 heteroatoms. The molecule has 1 saturated carbocycles. The second-order valence-electron chi connectivity index (χ2n) is 6.73. The number of aliphatic imine (C=N–C) groups is 1. The van der Waals surface area contributed by atoms with E-state index >= 15 is 0 Å². The Morgan fingerprint density at radius 3 is 2.54 bits per heavy atom. The molecule has 1 heterocycles. The zero-order chi connectivity index (χ0) is 17.4. The molecule has 0 radical (unpaired) electrons. The molecule has 0 aromatic rings. The summed E-state index contributed by atoms with van der Waals surface area (Å²) in [5, 5.41) is 17.1. The van der Waals surface area contributed by atoms with Gasteiger partial charge in [0.1, 0.15) is 0 Å². The summed E-state index contributed by atoms with van der Waals surface area (Å²) in [7, 11) is 0. The summed E-state index contributed by atoms with van der Waals surface area (Å²) in [4.78, 5) is 18.1. The Balaban J connectivity index is 1.82. The number of amides is 1. The SMILES string of the molecule is CCNC(=NCC1(O)CCCC1)NC1CCN(C(=O)OCC)CC1. The highest BCUT2D eigenvalue weighted by atomic mass is 16.6. The van der Waals surface area contributed by atoms with Crippen LogP contribution in [-0.4, -0.2) is 66.5 Å². The number of hydrogen-bond donors (Lipinski definition) is 3. The number of likely N-dealkylation sites (tertiary alicyclic amines) is 1. The lowest BCUT2D eigenvalue weighted by Gasteiger charge is -2.32. The number of guanidine groups is 1. The summed E-state index contributed by atoms with van der Waals surface area (Å²) in [6, 6.07) is 0.284. The van der Waals surface area contributed by atoms with E-state index in [0.717, 1.165) is 51.0 Å². The molecule has 0 spiro atoms. The van der Waals surface area contributed by atoms with E-state index in [1.54, 1.807) is 4.90 Å². The topological polar surface area (TPSA) is 86.2 Å². The first-order chi connectivity index (χ1) is 11.6. The summed E-state index contributed by atoms with van der Waals surface area (Å²) in [5.41, 5.74) is -0.629. The lowest BCUT2D eigenvalue weighted by Crippen LogP contribution is -2.50. The minimum atomic E-state index is -0.629. The minimum Gasteiger partial charge on any atom is -0.450 e. The largest absolute Gasteiger partial charge is 0.450 e. The number of carbonyl (C=O) groups is 1. The van der Waals surface area contributed by atoms with Crippen molar-refractivity contribution >= 4 is 12.1 Å². The molecule has 24 heavy (non-hydrogen) atoms. The molecular weight excluding hydrogens is 308 g/mol. The Morgan fingerprint density at radius 2 is 1.96 bits per heavy atom. The maximum absolute atomic E-state index is 11.7. The van der Waals surface area contributed by atoms with Gasteiger partial charge in [0.15, 0.2) is 5.96 Å². The Bertz CT molecular complexity index is 428. The van der Waals surface area contributed by atoms with Gasteiger partial charge in [0.25, 0.3) is 0 Å². The third-order valence-corrected chi connectivity index (χ3v) is 4.77. The first kappa shape index (κ1) is 18.8. The first-order valence-corrected chi connectivity index (χ1v) is 9.25. The maximum Gasteiger partial charge on any atom is 0.409 e. The van der Waals surface area contributed by atoms with Gasteiger partial charge in [0, 0.05) is 25.7 Å². The first-order valence-electron chi connectivity index (χ1n) is 9.25. The Morgan fingerprint density at radius 1 is 1.29 bits per heavy atom. The molecular formula is C17H32N4O3. The lowest BCUT2D eigenvalue weighted by molar-refractivity contribution is 0.0573. The monoisotopic (exact) mass is 340 g/mol. The van der Waals surface area contributed by atoms with E-state index in [2.05, 4.69) is 15.6 Å². The molecule has 0 unspecified atom stereocenters. The molecule has 2 aliphatic rings. The van der Waals surface area contributed by atoms with E-state index in [1.165, 1.54) is 0 Å². The van der Waals surface area contributed by atoms with Gasteiger partial charge in [-0.25, -0.2) is 4.79 Å². The minimum absolute atomic E-state index is 0.222. The summed E-state index contributed by atoms with van der Waals surface area (Å²) in [5.74, 6) is 0.757. The quantitative estimate of drug-likeness (QED) is 0.521. The van der Waals surface area contributed by atoms with Crippen LogP contribution in [0.4, 0.5) is 4.79 Å². The summed E-state index contributed by atoms with van der Waals surface area (Å²) in [6.45, 7) is 6.89. The summed E-state index contributed by atoms with van der Waals surface area (Å²) >= 11 is 0. The number of piperidine rings is 1. The van der Waals surface area contributed by atoms with Crippen molar-refractivity contribution in [2.24, 2.45) is 4.99 Å². The predicted molar refractivity (Wildman–Crippen MR) is 94.1 cm³/mol. The van der Waals surface area contributed by atoms with E-state index in [9.17, 15) is 9.90 Å². The van der Waals surface area contributed by atoms with Gasteiger partial charge in [-0.05, 0) is 39.5 Å². The van der Waals surface area contributed by atoms with E-state index in [4.69, 9.17) is 4.74 Å². The van der Waals surface area contributed by atoms with Crippen LogP contribution in [0, 0.1) is 0 Å². The van der Waals surface area contributed by atoms with Crippen molar-refractivity contribution < 1.29 is 14.6 Å². The molecule has 7 nitrogen and oxygen atoms in total. The van der Waals surface area contributed by atoms with Gasteiger partial charge in [-0.15, -0.1) is 0 Å². The normalized spacial score (nSPS) is 21.6. The van der Waals surface area contributed by atoms with Crippen LogP contribution in [0.25, 0.3) is 0 Å². The zero-order valence-corrected chi connectivity index (χ0v) is 15.0. The second-order valence-corrected chi connectivity index (χ2v) is 6.73. The fourth-order valence-electron chi connectivity index (χ4n) is 3.35. The molecule has 0 aromatic carbocycles. The van der Waals surface area contributed by atoms with Crippen LogP contribution in [0.1, 0.15) is 52.4 Å². The molecule has 0 atom stereocenters. The highest BCUT2D eigenvalue weighted by Gasteiger charge is 2.31. The molecule has 3 N–H and O–H groups in total. The average Bonchev–Trinajstić information content (AvgIpc) is 3.01. The Labute approximate surface area is 144 Å². The van der Waals surface area contributed by atoms with Crippen LogP contribution in [0.15, 0.2) is 4.99 Å². The Hall–Kier alpha value is -1.50. The fraction of sp³-hybridized carbons (Fsp3) is 0.882. The molecule has 0 bridgehead atoms. The number of nitrogens with one attached hydrogen (secondary N) is 2. The Kier molecular flexibility index (Phi) is 7.15. The number of carbonyl (C=O) groups excluding carboxylic acids is 1. The van der Waals surface area contributed by atoms with Crippen LogP contribution in [0.3, 0.4) is 0 Å². The number of nitrogens with zero attached hydrogens (tertiary/aromatic N) is 2. The third-order valence-electron chi connectivity index (χ3n) is 4.77.